The van der Waals surface area contributed by atoms with E-state index in [1.807, 2.05) is 24.3 Å². The number of nitrogens with one attached hydrogen (secondary N) is 12. The zero-order valence-electron chi connectivity index (χ0n) is 64.3. The van der Waals surface area contributed by atoms with E-state index >= 15 is 28.0 Å². The van der Waals surface area contributed by atoms with Gasteiger partial charge >= 0.3 is 5.97 Å². The number of aromatic hydroxyl groups is 1. The van der Waals surface area contributed by atoms with Crippen LogP contribution in [-0.4, -0.2) is 238 Å². The third-order valence-electron chi connectivity index (χ3n) is 19.5. The summed E-state index contributed by atoms with van der Waals surface area (Å²) < 4.78 is 51.4. The second-order valence-electron chi connectivity index (χ2n) is 28.2. The van der Waals surface area contributed by atoms with Gasteiger partial charge in [0.1, 0.15) is 65.2 Å². The van der Waals surface area contributed by atoms with E-state index in [2.05, 4.69) is 67.8 Å². The lowest BCUT2D eigenvalue weighted by Crippen LogP contribution is -2.63. The number of unbranched alkanes of at least 4 members (excludes halogenated alkanes) is 1. The first-order valence-corrected chi connectivity index (χ1v) is 40.3. The number of carboxylic acids is 1. The summed E-state index contributed by atoms with van der Waals surface area (Å²) in [7, 11) is 1.58. The number of hydrogen-bond donors (Lipinski definition) is 15. The van der Waals surface area contributed by atoms with Crippen LogP contribution in [0, 0.1) is 11.6 Å². The molecule has 2 aliphatic rings. The maximum absolute atomic E-state index is 15.3. The number of nitrogens with zero attached hydrogens (tertiary/aromatic N) is 2. The molecule has 116 heavy (non-hydrogen) atoms. The lowest BCUT2D eigenvalue weighted by molar-refractivity contribution is -0.147. The van der Waals surface area contributed by atoms with Gasteiger partial charge in [-0.25, -0.2) is 13.8 Å². The lowest BCUT2D eigenvalue weighted by atomic mass is 9.95. The molecule has 0 unspecified atom stereocenters. The average molecular weight is 1650 g/mol. The molecule has 2 aliphatic heterocycles. The van der Waals surface area contributed by atoms with E-state index in [0.717, 1.165) is 17.2 Å². The molecule has 1 fully saturated rings. The van der Waals surface area contributed by atoms with Crippen LogP contribution in [0.2, 0.25) is 0 Å². The summed E-state index contributed by atoms with van der Waals surface area (Å²) in [4.78, 5) is 186. The number of aromatic amines is 3. The molecule has 33 nitrogen and oxygen atoms in total. The number of imidazole rings is 1. The molecule has 8 atom stereocenters. The molecule has 0 radical (unpaired) electrons. The van der Waals surface area contributed by atoms with Crippen LogP contribution in [0.3, 0.4) is 0 Å². The number of thioether (sulfide) groups is 2. The predicted molar refractivity (Wildman–Crippen MR) is 425 cm³/mol. The second kappa shape index (κ2) is 44.8. The van der Waals surface area contributed by atoms with E-state index in [9.17, 15) is 48.6 Å². The monoisotopic (exact) mass is 1650 g/mol. The number of phenols is 1. The number of hydrogen-bond acceptors (Lipinski definition) is 20. The standard InChI is InChI=1S/C79H99F2N15O18S2/c1-79-20-6-22-96(79)77(109)65(32-47-10-14-55(97)15-11-47)94-75(107)63(37-54-41-83-46-88-54)92-76(108)64(38-70(101)102)93-74(106)62(34-51-40-86-59-17-13-53(81)36-57(51)59)91-73(105)61(33-50-39-85-58-16-12-52(80)35-56(50)58)90-69(100)42-87-72(104)60(9-3-4-21-84-67(98)18-23-112-26-27-114-29-28-113-25-24-111-2)89-68(99)19-30-115-43-48-7-5-8-49(31-48)44-116-45-66(71(82)103)95-78(79)110/h5,7-8,10-17,31,35-36,39-41,46,60-66,85-86,97H,3-4,6,9,18-30,32-34,37-38,42-45H2,1-2H3,(H2,82,103)(H,83,88)(H,84,98)(H,87,104)(H,89,99)(H,90,100)(H,91,105)(H,92,108)(H,93,106)(H,94,107)(H,95,110)(H,101,102)/t60-,61-,62-,63+,64-,65-,66-,79-/m0/s1. The van der Waals surface area contributed by atoms with E-state index in [1.165, 1.54) is 115 Å². The number of methoxy groups -OCH3 is 1. The van der Waals surface area contributed by atoms with Crippen molar-refractivity contribution in [3.63, 3.8) is 0 Å². The van der Waals surface area contributed by atoms with E-state index in [1.54, 1.807) is 7.11 Å². The van der Waals surface area contributed by atoms with Crippen molar-refractivity contribution in [1.82, 2.24) is 72.7 Å². The minimum atomic E-state index is -2.07. The summed E-state index contributed by atoms with van der Waals surface area (Å²) in [6.45, 7) is 3.27. The fourth-order valence-corrected chi connectivity index (χ4v) is 15.2. The van der Waals surface area contributed by atoms with Gasteiger partial charge in [-0.05, 0) is 115 Å². The number of aromatic nitrogens is 4. The van der Waals surface area contributed by atoms with Gasteiger partial charge in [-0.15, -0.1) is 0 Å². The highest BCUT2D eigenvalue weighted by molar-refractivity contribution is 7.98. The fourth-order valence-electron chi connectivity index (χ4n) is 13.3. The van der Waals surface area contributed by atoms with Crippen molar-refractivity contribution in [2.24, 2.45) is 5.73 Å². The molecule has 624 valence electrons. The van der Waals surface area contributed by atoms with Crippen molar-refractivity contribution in [2.75, 3.05) is 84.5 Å². The molecule has 2 bridgehead atoms. The first kappa shape index (κ1) is 89.0. The number of carboxylic acid groups (broad SMARTS) is 1. The van der Waals surface area contributed by atoms with Crippen LogP contribution in [0.4, 0.5) is 8.78 Å². The Morgan fingerprint density at radius 2 is 1.22 bits per heavy atom. The molecule has 7 aromatic rings. The second-order valence-corrected chi connectivity index (χ2v) is 30.4. The van der Waals surface area contributed by atoms with Gasteiger partial charge in [0, 0.05) is 128 Å². The molecule has 37 heteroatoms. The summed E-state index contributed by atoms with van der Waals surface area (Å²) in [5.74, 6) is -11.5. The molecule has 11 amide bonds. The number of primary amides is 1. The van der Waals surface area contributed by atoms with Gasteiger partial charge in [-0.1, -0.05) is 36.4 Å². The molecule has 16 N–H and O–H groups in total. The number of carbonyl (C=O) groups is 12. The van der Waals surface area contributed by atoms with E-state index in [0.29, 0.717) is 91.5 Å². The SMILES string of the molecule is COCCOCCOCCOCCC(=O)NCCCC[C@@H]1NC(=O)CCSCc2cccc(c2)CSC[C@@H](C(N)=O)NC(=O)[C@]2(C)CCCN2C(=O)[C@H](Cc2ccc(O)cc2)NC(=O)[C@@H](Cc2cnc[nH]2)NC(=O)[C@H](CC(=O)O)NC(=O)[C@H](Cc2c[nH]c3ccc(F)cc23)NC(=O)[C@H](Cc2c[nH]c3ccc(F)cc23)NC(=O)CNC1=O. The Labute approximate surface area is 675 Å². The van der Waals surface area contributed by atoms with Crippen LogP contribution in [0.1, 0.15) is 91.8 Å². The van der Waals surface area contributed by atoms with Gasteiger partial charge in [0.05, 0.1) is 65.5 Å². The highest BCUT2D eigenvalue weighted by Crippen LogP contribution is 2.32. The van der Waals surface area contributed by atoms with Gasteiger partial charge in [0.15, 0.2) is 0 Å². The van der Waals surface area contributed by atoms with Gasteiger partial charge in [-0.3, -0.25) is 57.5 Å². The third-order valence-corrected chi connectivity index (χ3v) is 21.6. The van der Waals surface area contributed by atoms with Crippen molar-refractivity contribution in [1.29, 1.82) is 0 Å². The van der Waals surface area contributed by atoms with Crippen molar-refractivity contribution in [3.05, 3.63) is 155 Å². The molecule has 4 aromatic carbocycles. The topological polar surface area (TPSA) is 480 Å². The van der Waals surface area contributed by atoms with Gasteiger partial charge < -0.3 is 103 Å². The van der Waals surface area contributed by atoms with Crippen LogP contribution >= 0.6 is 23.5 Å². The minimum Gasteiger partial charge on any atom is -0.508 e. The fraction of sp³-hybridized carbons (Fsp3) is 0.456. The van der Waals surface area contributed by atoms with Crippen LogP contribution in [-0.2, 0) is 114 Å². The zero-order valence-corrected chi connectivity index (χ0v) is 65.9. The number of benzene rings is 4. The smallest absolute Gasteiger partial charge is 0.305 e. The normalized spacial score (nSPS) is 21.3. The Balaban J connectivity index is 1.00. The Hall–Kier alpha value is -11.0. The van der Waals surface area contributed by atoms with Crippen molar-refractivity contribution in [3.8, 4) is 5.75 Å². The highest BCUT2D eigenvalue weighted by atomic mass is 32.2. The average Bonchev–Trinajstić information content (AvgIpc) is 1.59. The number of amides is 11. The predicted octanol–water partition coefficient (Wildman–Crippen LogP) is 2.42. The maximum Gasteiger partial charge on any atom is 0.305 e. The Morgan fingerprint density at radius 1 is 0.638 bits per heavy atom. The van der Waals surface area contributed by atoms with Crippen molar-refractivity contribution < 1.29 is 95.5 Å². The molecule has 3 aromatic heterocycles. The molecular formula is C79H99F2N15O18S2. The Kier molecular flexibility index (Phi) is 34.3. The van der Waals surface area contributed by atoms with Crippen molar-refractivity contribution >= 4 is 116 Å². The number of nitrogens with two attached hydrogens (primary N) is 1. The van der Waals surface area contributed by atoms with Crippen LogP contribution in [0.25, 0.3) is 21.8 Å². The molecular weight excluding hydrogens is 1550 g/mol. The summed E-state index contributed by atoms with van der Waals surface area (Å²) in [6.07, 6.45) is 3.87. The minimum absolute atomic E-state index is 0.00113. The summed E-state index contributed by atoms with van der Waals surface area (Å²) in [5, 5.41) is 45.1. The number of fused-ring (bicyclic) bond motifs is 5. The Morgan fingerprint density at radius 3 is 1.83 bits per heavy atom. The summed E-state index contributed by atoms with van der Waals surface area (Å²) in [6, 6.07) is 9.56. The van der Waals surface area contributed by atoms with Gasteiger partial charge in [0.25, 0.3) is 0 Å². The summed E-state index contributed by atoms with van der Waals surface area (Å²) >= 11 is 2.74. The first-order valence-electron chi connectivity index (χ1n) is 38.0. The molecule has 1 saturated heterocycles. The quantitative estimate of drug-likeness (QED) is 0.0313. The Bertz CT molecular complexity index is 4540. The van der Waals surface area contributed by atoms with Crippen molar-refractivity contribution in [2.45, 2.75) is 143 Å². The van der Waals surface area contributed by atoms with E-state index in [-0.39, 0.29) is 98.0 Å². The van der Waals surface area contributed by atoms with Gasteiger partial charge in [-0.2, -0.15) is 23.5 Å². The highest BCUT2D eigenvalue weighted by Gasteiger charge is 2.49. The number of halogens is 2. The first-order chi connectivity index (χ1) is 55.8. The van der Waals surface area contributed by atoms with Crippen LogP contribution in [0.15, 0.2) is 110 Å². The number of carbonyl (C=O) groups excluding carboxylic acids is 11. The number of ether oxygens (including phenoxy) is 4. The number of rotatable bonds is 28. The largest absolute Gasteiger partial charge is 0.508 e. The molecule has 0 aliphatic carbocycles. The molecule has 5 heterocycles. The number of H-pyrrole nitrogens is 3. The van der Waals surface area contributed by atoms with E-state index < -0.39 is 157 Å². The zero-order chi connectivity index (χ0) is 83.1. The van der Waals surface area contributed by atoms with Crippen LogP contribution in [0.5, 0.6) is 5.75 Å². The number of phenolic OH excluding ortho intramolecular Hbond substituents is 1. The molecule has 0 saturated carbocycles. The van der Waals surface area contributed by atoms with Crippen LogP contribution < -0.4 is 53.6 Å². The van der Waals surface area contributed by atoms with E-state index in [4.69, 9.17) is 24.7 Å². The summed E-state index contributed by atoms with van der Waals surface area (Å²) in [5.41, 5.74) is 8.05. The third kappa shape index (κ3) is 27.3. The maximum atomic E-state index is 15.3. The lowest BCUT2D eigenvalue weighted by Gasteiger charge is -2.37. The molecule has 0 spiro atoms. The molecule has 9 rings (SSSR count). The van der Waals surface area contributed by atoms with Gasteiger partial charge in [0.2, 0.25) is 65.0 Å². The number of aliphatic carboxylic acids is 1.